The first kappa shape index (κ1) is 14.3. The van der Waals surface area contributed by atoms with Crippen molar-refractivity contribution in [3.8, 4) is 0 Å². The summed E-state index contributed by atoms with van der Waals surface area (Å²) < 4.78 is 2.06. The number of hydrogen-bond acceptors (Lipinski definition) is 5. The van der Waals surface area contributed by atoms with Crippen molar-refractivity contribution >= 4 is 5.78 Å². The highest BCUT2D eigenvalue weighted by molar-refractivity contribution is 5.34. The molecule has 4 heterocycles. The largest absolute Gasteiger partial charge is 0.291 e. The summed E-state index contributed by atoms with van der Waals surface area (Å²) in [6, 6.07) is 2.08. The molecule has 0 unspecified atom stereocenters. The molecule has 118 valence electrons. The molecule has 1 aliphatic heterocycles. The van der Waals surface area contributed by atoms with Crippen LogP contribution in [0.4, 0.5) is 0 Å². The van der Waals surface area contributed by atoms with E-state index in [1.807, 2.05) is 20.0 Å². The number of aromatic nitrogens is 5. The molecule has 3 aromatic rings. The molecular formula is C17H20N6. The number of rotatable bonds is 2. The summed E-state index contributed by atoms with van der Waals surface area (Å²) in [6.45, 7) is 8.73. The fraction of sp³-hybridized carbons (Fsp3) is 0.412. The Bertz CT molecular complexity index is 882. The zero-order valence-corrected chi connectivity index (χ0v) is 13.7. The van der Waals surface area contributed by atoms with E-state index in [4.69, 9.17) is 0 Å². The molecule has 0 N–H and O–H groups in total. The predicted octanol–water partition coefficient (Wildman–Crippen LogP) is 2.00. The minimum Gasteiger partial charge on any atom is -0.291 e. The van der Waals surface area contributed by atoms with E-state index in [1.54, 1.807) is 0 Å². The van der Waals surface area contributed by atoms with Gasteiger partial charge in [0.15, 0.2) is 0 Å². The van der Waals surface area contributed by atoms with Gasteiger partial charge in [0.25, 0.3) is 0 Å². The van der Waals surface area contributed by atoms with Crippen LogP contribution in [0, 0.1) is 20.8 Å². The van der Waals surface area contributed by atoms with Crippen LogP contribution in [0.25, 0.3) is 5.78 Å². The monoisotopic (exact) mass is 308 g/mol. The van der Waals surface area contributed by atoms with Crippen molar-refractivity contribution in [2.45, 2.75) is 40.3 Å². The van der Waals surface area contributed by atoms with Crippen LogP contribution >= 0.6 is 0 Å². The molecule has 0 aromatic carbocycles. The van der Waals surface area contributed by atoms with Crippen LogP contribution in [-0.4, -0.2) is 35.8 Å². The summed E-state index contributed by atoms with van der Waals surface area (Å²) in [5.41, 5.74) is 5.65. The van der Waals surface area contributed by atoms with Crippen LogP contribution in [0.1, 0.15) is 34.2 Å². The van der Waals surface area contributed by atoms with Gasteiger partial charge in [-0.3, -0.25) is 9.30 Å². The Morgan fingerprint density at radius 2 is 2.00 bits per heavy atom. The molecular weight excluding hydrogens is 288 g/mol. The Balaban J connectivity index is 1.58. The van der Waals surface area contributed by atoms with Crippen molar-refractivity contribution < 1.29 is 0 Å². The van der Waals surface area contributed by atoms with Crippen molar-refractivity contribution in [3.05, 3.63) is 52.6 Å². The number of nitrogens with zero attached hydrogens (tertiary/aromatic N) is 6. The van der Waals surface area contributed by atoms with E-state index in [1.165, 1.54) is 11.3 Å². The van der Waals surface area contributed by atoms with Gasteiger partial charge in [-0.25, -0.2) is 19.9 Å². The second-order valence-corrected chi connectivity index (χ2v) is 6.29. The van der Waals surface area contributed by atoms with Crippen molar-refractivity contribution in [1.82, 2.24) is 29.2 Å². The molecule has 3 aromatic heterocycles. The lowest BCUT2D eigenvalue weighted by Crippen LogP contribution is -2.31. The molecule has 0 atom stereocenters. The first-order valence-electron chi connectivity index (χ1n) is 7.94. The number of aryl methyl sites for hydroxylation is 3. The fourth-order valence-electron chi connectivity index (χ4n) is 3.22. The van der Waals surface area contributed by atoms with Crippen molar-refractivity contribution in [2.75, 3.05) is 6.54 Å². The third kappa shape index (κ3) is 2.70. The van der Waals surface area contributed by atoms with Crippen LogP contribution < -0.4 is 0 Å². The second-order valence-electron chi connectivity index (χ2n) is 6.29. The zero-order chi connectivity index (χ0) is 16.0. The van der Waals surface area contributed by atoms with Gasteiger partial charge >= 0.3 is 0 Å². The summed E-state index contributed by atoms with van der Waals surface area (Å²) in [6.07, 6.45) is 5.06. The summed E-state index contributed by atoms with van der Waals surface area (Å²) >= 11 is 0. The van der Waals surface area contributed by atoms with Crippen LogP contribution in [0.3, 0.4) is 0 Å². The van der Waals surface area contributed by atoms with E-state index in [0.29, 0.717) is 0 Å². The zero-order valence-electron chi connectivity index (χ0n) is 13.7. The van der Waals surface area contributed by atoms with Gasteiger partial charge in [-0.05, 0) is 38.8 Å². The summed E-state index contributed by atoms with van der Waals surface area (Å²) in [7, 11) is 0. The van der Waals surface area contributed by atoms with Gasteiger partial charge in [0.05, 0.1) is 11.4 Å². The molecule has 0 amide bonds. The highest BCUT2D eigenvalue weighted by Gasteiger charge is 2.19. The van der Waals surface area contributed by atoms with Crippen LogP contribution in [0.2, 0.25) is 0 Å². The SMILES string of the molecule is Cc1cc(C)n2cc(CN3CCc4cnc(C)nc4C3)nc2n1. The van der Waals surface area contributed by atoms with Gasteiger partial charge < -0.3 is 0 Å². The number of hydrogen-bond donors (Lipinski definition) is 0. The molecule has 0 saturated carbocycles. The Morgan fingerprint density at radius 3 is 2.87 bits per heavy atom. The summed E-state index contributed by atoms with van der Waals surface area (Å²) in [4.78, 5) is 20.5. The number of imidazole rings is 1. The van der Waals surface area contributed by atoms with Crippen LogP contribution in [0.5, 0.6) is 0 Å². The van der Waals surface area contributed by atoms with Crippen molar-refractivity contribution in [2.24, 2.45) is 0 Å². The maximum absolute atomic E-state index is 4.68. The van der Waals surface area contributed by atoms with Crippen molar-refractivity contribution in [3.63, 3.8) is 0 Å². The molecule has 6 heteroatoms. The average Bonchev–Trinajstić information content (AvgIpc) is 2.89. The molecule has 0 spiro atoms. The Kier molecular flexibility index (Phi) is 3.34. The van der Waals surface area contributed by atoms with Crippen molar-refractivity contribution in [1.29, 1.82) is 0 Å². The highest BCUT2D eigenvalue weighted by Crippen LogP contribution is 2.18. The third-order valence-electron chi connectivity index (χ3n) is 4.34. The number of fused-ring (bicyclic) bond motifs is 2. The topological polar surface area (TPSA) is 59.2 Å². The predicted molar refractivity (Wildman–Crippen MR) is 87.0 cm³/mol. The summed E-state index contributed by atoms with van der Waals surface area (Å²) in [5, 5.41) is 0. The van der Waals surface area contributed by atoms with Crippen LogP contribution in [-0.2, 0) is 19.5 Å². The molecule has 0 aliphatic carbocycles. The van der Waals surface area contributed by atoms with Gasteiger partial charge in [0, 0.05) is 43.4 Å². The highest BCUT2D eigenvalue weighted by atomic mass is 15.2. The third-order valence-corrected chi connectivity index (χ3v) is 4.34. The molecule has 0 bridgehead atoms. The van der Waals surface area contributed by atoms with Crippen LogP contribution in [0.15, 0.2) is 18.5 Å². The molecule has 23 heavy (non-hydrogen) atoms. The van der Waals surface area contributed by atoms with Gasteiger partial charge in [-0.15, -0.1) is 0 Å². The van der Waals surface area contributed by atoms with Gasteiger partial charge in [-0.2, -0.15) is 0 Å². The lowest BCUT2D eigenvalue weighted by molar-refractivity contribution is 0.238. The second kappa shape index (κ2) is 5.38. The van der Waals surface area contributed by atoms with E-state index in [0.717, 1.165) is 54.7 Å². The quantitative estimate of drug-likeness (QED) is 0.725. The Labute approximate surface area is 135 Å². The minimum absolute atomic E-state index is 0.785. The lowest BCUT2D eigenvalue weighted by Gasteiger charge is -2.27. The lowest BCUT2D eigenvalue weighted by atomic mass is 10.1. The van der Waals surface area contributed by atoms with E-state index < -0.39 is 0 Å². The fourth-order valence-corrected chi connectivity index (χ4v) is 3.22. The molecule has 4 rings (SSSR count). The Morgan fingerprint density at radius 1 is 1.13 bits per heavy atom. The van der Waals surface area contributed by atoms with Gasteiger partial charge in [-0.1, -0.05) is 0 Å². The van der Waals surface area contributed by atoms with Gasteiger partial charge in [0.2, 0.25) is 5.78 Å². The smallest absolute Gasteiger partial charge is 0.234 e. The maximum atomic E-state index is 4.68. The van der Waals surface area contributed by atoms with E-state index in [-0.39, 0.29) is 0 Å². The maximum Gasteiger partial charge on any atom is 0.234 e. The first-order chi connectivity index (χ1) is 11.1. The molecule has 0 saturated heterocycles. The van der Waals surface area contributed by atoms with Gasteiger partial charge in [0.1, 0.15) is 5.82 Å². The average molecular weight is 308 g/mol. The standard InChI is InChI=1S/C17H20N6/c1-11-6-12(2)23-9-15(21-17(23)19-11)8-22-5-4-14-7-18-13(3)20-16(14)10-22/h6-7,9H,4-5,8,10H2,1-3H3. The van der Waals surface area contributed by atoms with E-state index in [9.17, 15) is 0 Å². The normalized spacial score (nSPS) is 15.1. The summed E-state index contributed by atoms with van der Waals surface area (Å²) in [5.74, 6) is 1.63. The first-order valence-corrected chi connectivity index (χ1v) is 7.94. The minimum atomic E-state index is 0.785. The molecule has 0 fully saturated rings. The molecule has 6 nitrogen and oxygen atoms in total. The van der Waals surface area contributed by atoms with E-state index >= 15 is 0 Å². The molecule has 1 aliphatic rings. The van der Waals surface area contributed by atoms with E-state index in [2.05, 4.69) is 48.4 Å². The molecule has 0 radical (unpaired) electrons. The Hall–Kier alpha value is -2.34.